The highest BCUT2D eigenvalue weighted by Gasteiger charge is 2.20. The average molecular weight is 474 g/mol. The van der Waals surface area contributed by atoms with Crippen LogP contribution >= 0.6 is 15.9 Å². The number of nitrogens with zero attached hydrogens (tertiary/aromatic N) is 2. The second kappa shape index (κ2) is 11.1. The first-order valence-electron chi connectivity index (χ1n) is 10.2. The van der Waals surface area contributed by atoms with Gasteiger partial charge in [0.1, 0.15) is 5.75 Å². The molecule has 1 heterocycles. The number of hydrogen-bond acceptors (Lipinski definition) is 4. The van der Waals surface area contributed by atoms with Crippen LogP contribution in [0.25, 0.3) is 0 Å². The Morgan fingerprint density at radius 3 is 2.30 bits per heavy atom. The van der Waals surface area contributed by atoms with Gasteiger partial charge >= 0.3 is 0 Å². The van der Waals surface area contributed by atoms with Crippen molar-refractivity contribution in [3.63, 3.8) is 0 Å². The van der Waals surface area contributed by atoms with Crippen molar-refractivity contribution in [1.82, 2.24) is 15.1 Å². The van der Waals surface area contributed by atoms with Crippen LogP contribution in [0.15, 0.2) is 53.0 Å². The molecule has 2 aromatic rings. The highest BCUT2D eigenvalue weighted by atomic mass is 79.9. The molecule has 6 nitrogen and oxygen atoms in total. The standard InChI is InChI=1S/C23H28BrN3O3/c1-30-21-8-2-18(3-9-21)11-13-26-14-16-27(17-15-26)22(28)10-12-25-23(29)19-4-6-20(24)7-5-19/h2-9H,10-17H2,1H3,(H,25,29). The van der Waals surface area contributed by atoms with Gasteiger partial charge in [-0.15, -0.1) is 0 Å². The molecule has 0 atom stereocenters. The summed E-state index contributed by atoms with van der Waals surface area (Å²) in [5, 5.41) is 2.82. The number of amides is 2. The monoisotopic (exact) mass is 473 g/mol. The Balaban J connectivity index is 1.33. The Hall–Kier alpha value is -2.38. The zero-order chi connectivity index (χ0) is 21.3. The molecular formula is C23H28BrN3O3. The van der Waals surface area contributed by atoms with Crippen LogP contribution in [-0.2, 0) is 11.2 Å². The number of carbonyl (C=O) groups is 2. The molecular weight excluding hydrogens is 446 g/mol. The number of nitrogens with one attached hydrogen (secondary N) is 1. The smallest absolute Gasteiger partial charge is 0.251 e. The molecule has 160 valence electrons. The maximum atomic E-state index is 12.4. The largest absolute Gasteiger partial charge is 0.497 e. The fourth-order valence-corrected chi connectivity index (χ4v) is 3.71. The maximum Gasteiger partial charge on any atom is 0.251 e. The molecule has 2 aromatic carbocycles. The minimum atomic E-state index is -0.154. The van der Waals surface area contributed by atoms with Crippen molar-refractivity contribution in [3.8, 4) is 5.75 Å². The van der Waals surface area contributed by atoms with Gasteiger partial charge in [0.25, 0.3) is 5.91 Å². The lowest BCUT2D eigenvalue weighted by molar-refractivity contribution is -0.132. The lowest BCUT2D eigenvalue weighted by Gasteiger charge is -2.34. The van der Waals surface area contributed by atoms with Crippen molar-refractivity contribution in [2.75, 3.05) is 46.4 Å². The first-order chi connectivity index (χ1) is 14.5. The van der Waals surface area contributed by atoms with Gasteiger partial charge in [-0.2, -0.15) is 0 Å². The van der Waals surface area contributed by atoms with E-state index in [-0.39, 0.29) is 11.8 Å². The summed E-state index contributed by atoms with van der Waals surface area (Å²) < 4.78 is 6.12. The third-order valence-electron chi connectivity index (χ3n) is 5.33. The van der Waals surface area contributed by atoms with E-state index in [1.165, 1.54) is 5.56 Å². The molecule has 1 aliphatic heterocycles. The summed E-state index contributed by atoms with van der Waals surface area (Å²) in [6.45, 7) is 4.58. The number of carbonyl (C=O) groups excluding carboxylic acids is 2. The SMILES string of the molecule is COc1ccc(CCN2CCN(C(=O)CCNC(=O)c3ccc(Br)cc3)CC2)cc1. The molecule has 2 amide bonds. The Labute approximate surface area is 186 Å². The molecule has 7 heteroatoms. The number of rotatable bonds is 8. The van der Waals surface area contributed by atoms with Gasteiger partial charge in [-0.1, -0.05) is 28.1 Å². The van der Waals surface area contributed by atoms with Gasteiger partial charge in [0, 0.05) is 55.7 Å². The van der Waals surface area contributed by atoms with Crippen LogP contribution in [0.5, 0.6) is 5.75 Å². The Morgan fingerprint density at radius 1 is 1.00 bits per heavy atom. The summed E-state index contributed by atoms with van der Waals surface area (Å²) >= 11 is 3.35. The summed E-state index contributed by atoms with van der Waals surface area (Å²) in [5.41, 5.74) is 1.88. The molecule has 0 radical (unpaired) electrons. The molecule has 30 heavy (non-hydrogen) atoms. The lowest BCUT2D eigenvalue weighted by atomic mass is 10.1. The molecule has 1 fully saturated rings. The first-order valence-corrected chi connectivity index (χ1v) is 11.0. The molecule has 0 bridgehead atoms. The summed E-state index contributed by atoms with van der Waals surface area (Å²) in [6, 6.07) is 15.3. The van der Waals surface area contributed by atoms with Crippen LogP contribution in [0.3, 0.4) is 0 Å². The van der Waals surface area contributed by atoms with Gasteiger partial charge in [0.2, 0.25) is 5.91 Å². The number of benzene rings is 2. The van der Waals surface area contributed by atoms with E-state index in [1.54, 1.807) is 19.2 Å². The topological polar surface area (TPSA) is 61.9 Å². The van der Waals surface area contributed by atoms with Crippen LogP contribution in [0, 0.1) is 0 Å². The van der Waals surface area contributed by atoms with Crippen LogP contribution < -0.4 is 10.1 Å². The van der Waals surface area contributed by atoms with Crippen molar-refractivity contribution < 1.29 is 14.3 Å². The maximum absolute atomic E-state index is 12.4. The van der Waals surface area contributed by atoms with Gasteiger partial charge < -0.3 is 15.0 Å². The predicted molar refractivity (Wildman–Crippen MR) is 121 cm³/mol. The van der Waals surface area contributed by atoms with E-state index >= 15 is 0 Å². The summed E-state index contributed by atoms with van der Waals surface area (Å²) in [7, 11) is 1.67. The van der Waals surface area contributed by atoms with E-state index in [1.807, 2.05) is 29.2 Å². The van der Waals surface area contributed by atoms with Gasteiger partial charge in [-0.05, 0) is 48.4 Å². The van der Waals surface area contributed by atoms with Crippen LogP contribution in [0.4, 0.5) is 0 Å². The fourth-order valence-electron chi connectivity index (χ4n) is 3.44. The zero-order valence-electron chi connectivity index (χ0n) is 17.3. The van der Waals surface area contributed by atoms with Crippen molar-refractivity contribution >= 4 is 27.7 Å². The first kappa shape index (κ1) is 22.3. The normalized spacial score (nSPS) is 14.4. The number of halogens is 1. The van der Waals surface area contributed by atoms with Crippen LogP contribution in [0.2, 0.25) is 0 Å². The second-order valence-electron chi connectivity index (χ2n) is 7.33. The Morgan fingerprint density at radius 2 is 1.67 bits per heavy atom. The van der Waals surface area contributed by atoms with Crippen LogP contribution in [0.1, 0.15) is 22.3 Å². The molecule has 1 saturated heterocycles. The molecule has 1 aliphatic rings. The number of hydrogen-bond donors (Lipinski definition) is 1. The molecule has 0 spiro atoms. The number of piperazine rings is 1. The van der Waals surface area contributed by atoms with E-state index in [0.29, 0.717) is 18.5 Å². The predicted octanol–water partition coefficient (Wildman–Crippen LogP) is 2.96. The fraction of sp³-hybridized carbons (Fsp3) is 0.391. The summed E-state index contributed by atoms with van der Waals surface area (Å²) in [5.74, 6) is 0.818. The van der Waals surface area contributed by atoms with Crippen molar-refractivity contribution in [3.05, 3.63) is 64.1 Å². The molecule has 1 N–H and O–H groups in total. The van der Waals surface area contributed by atoms with E-state index in [0.717, 1.165) is 49.4 Å². The van der Waals surface area contributed by atoms with Crippen molar-refractivity contribution in [1.29, 1.82) is 0 Å². The quantitative estimate of drug-likeness (QED) is 0.639. The van der Waals surface area contributed by atoms with E-state index < -0.39 is 0 Å². The molecule has 0 aromatic heterocycles. The molecule has 3 rings (SSSR count). The highest BCUT2D eigenvalue weighted by Crippen LogP contribution is 2.13. The molecule has 0 unspecified atom stereocenters. The number of methoxy groups -OCH3 is 1. The molecule has 0 saturated carbocycles. The summed E-state index contributed by atoms with van der Waals surface area (Å²) in [4.78, 5) is 28.9. The van der Waals surface area contributed by atoms with E-state index in [4.69, 9.17) is 4.74 Å². The summed E-state index contributed by atoms with van der Waals surface area (Å²) in [6.07, 6.45) is 1.31. The van der Waals surface area contributed by atoms with Crippen molar-refractivity contribution in [2.45, 2.75) is 12.8 Å². The van der Waals surface area contributed by atoms with Gasteiger partial charge in [0.15, 0.2) is 0 Å². The second-order valence-corrected chi connectivity index (χ2v) is 8.25. The average Bonchev–Trinajstić information content (AvgIpc) is 2.78. The zero-order valence-corrected chi connectivity index (χ0v) is 18.9. The van der Waals surface area contributed by atoms with Gasteiger partial charge in [-0.3, -0.25) is 14.5 Å². The van der Waals surface area contributed by atoms with Gasteiger partial charge in [0.05, 0.1) is 7.11 Å². The van der Waals surface area contributed by atoms with Gasteiger partial charge in [-0.25, -0.2) is 0 Å². The Kier molecular flexibility index (Phi) is 8.28. The third-order valence-corrected chi connectivity index (χ3v) is 5.86. The minimum absolute atomic E-state index is 0.0981. The van der Waals surface area contributed by atoms with Crippen LogP contribution in [-0.4, -0.2) is 68.0 Å². The minimum Gasteiger partial charge on any atom is -0.497 e. The Bertz CT molecular complexity index is 832. The van der Waals surface area contributed by atoms with E-state index in [9.17, 15) is 9.59 Å². The highest BCUT2D eigenvalue weighted by molar-refractivity contribution is 9.10. The van der Waals surface area contributed by atoms with Crippen molar-refractivity contribution in [2.24, 2.45) is 0 Å². The number of ether oxygens (including phenoxy) is 1. The van der Waals surface area contributed by atoms with E-state index in [2.05, 4.69) is 38.3 Å². The molecule has 0 aliphatic carbocycles. The lowest BCUT2D eigenvalue weighted by Crippen LogP contribution is -2.49. The third kappa shape index (κ3) is 6.57.